The highest BCUT2D eigenvalue weighted by Crippen LogP contribution is 2.17. The molecule has 3 unspecified atom stereocenters. The Hall–Kier alpha value is -0.280. The fraction of sp³-hybridized carbons (Fsp3) is 1.00. The molecule has 0 aliphatic heterocycles. The van der Waals surface area contributed by atoms with Crippen LogP contribution in [0.25, 0.3) is 0 Å². The summed E-state index contributed by atoms with van der Waals surface area (Å²) in [4.78, 5) is 0. The van der Waals surface area contributed by atoms with Gasteiger partial charge in [0.05, 0.1) is 30.9 Å². The highest BCUT2D eigenvalue weighted by atomic mass is 16.3. The summed E-state index contributed by atoms with van der Waals surface area (Å²) in [5.74, 6) is 0. The maximum absolute atomic E-state index is 9.62. The van der Waals surface area contributed by atoms with E-state index in [4.69, 9.17) is 26.8 Å². The smallest absolute Gasteiger partial charge is 0.104 e. The van der Waals surface area contributed by atoms with Gasteiger partial charge in [-0.05, 0) is 6.92 Å². The molecule has 15 heavy (non-hydrogen) atoms. The fourth-order valence-corrected chi connectivity index (χ4v) is 1.01. The van der Waals surface area contributed by atoms with Gasteiger partial charge in [-0.25, -0.2) is 0 Å². The highest BCUT2D eigenvalue weighted by Gasteiger charge is 2.44. The molecule has 0 saturated heterocycles. The molecule has 0 bridgehead atoms. The fourth-order valence-electron chi connectivity index (χ4n) is 1.01. The van der Waals surface area contributed by atoms with Crippen LogP contribution >= 0.6 is 0 Å². The molecule has 7 nitrogen and oxygen atoms in total. The van der Waals surface area contributed by atoms with Gasteiger partial charge in [0.25, 0.3) is 0 Å². The van der Waals surface area contributed by atoms with Crippen molar-refractivity contribution in [2.75, 3.05) is 19.8 Å². The molecule has 0 heterocycles. The zero-order valence-electron chi connectivity index (χ0n) is 8.67. The first-order valence-corrected chi connectivity index (χ1v) is 4.51. The first-order chi connectivity index (χ1) is 6.75. The summed E-state index contributed by atoms with van der Waals surface area (Å²) in [7, 11) is 0. The lowest BCUT2D eigenvalue weighted by molar-refractivity contribution is -0.0951. The van der Waals surface area contributed by atoms with Gasteiger partial charge < -0.3 is 37.0 Å². The number of hydrogen-bond donors (Lipinski definition) is 7. The highest BCUT2D eigenvalue weighted by molar-refractivity contribution is 5.01. The van der Waals surface area contributed by atoms with Gasteiger partial charge in [-0.15, -0.1) is 0 Å². The second kappa shape index (κ2) is 5.17. The van der Waals surface area contributed by atoms with Crippen molar-refractivity contribution in [2.24, 2.45) is 11.5 Å². The number of hydrogen-bond acceptors (Lipinski definition) is 7. The predicted molar refractivity (Wildman–Crippen MR) is 52.8 cm³/mol. The van der Waals surface area contributed by atoms with Crippen molar-refractivity contribution in [1.29, 1.82) is 0 Å². The molecule has 9 N–H and O–H groups in total. The molecule has 0 aromatic carbocycles. The average molecular weight is 224 g/mol. The normalized spacial score (nSPS) is 20.8. The van der Waals surface area contributed by atoms with Gasteiger partial charge in [0.15, 0.2) is 0 Å². The zero-order chi connectivity index (χ0) is 12.3. The molecule has 0 aliphatic rings. The van der Waals surface area contributed by atoms with Crippen LogP contribution in [-0.4, -0.2) is 68.6 Å². The largest absolute Gasteiger partial charge is 0.394 e. The third kappa shape index (κ3) is 3.08. The quantitative estimate of drug-likeness (QED) is 0.243. The van der Waals surface area contributed by atoms with Crippen molar-refractivity contribution < 1.29 is 25.5 Å². The molecule has 0 spiro atoms. The molecule has 0 fully saturated rings. The van der Waals surface area contributed by atoms with Gasteiger partial charge in [0, 0.05) is 0 Å². The summed E-state index contributed by atoms with van der Waals surface area (Å²) >= 11 is 0. The average Bonchev–Trinajstić information content (AvgIpc) is 2.25. The van der Waals surface area contributed by atoms with Crippen molar-refractivity contribution in [3.8, 4) is 0 Å². The zero-order valence-corrected chi connectivity index (χ0v) is 8.67. The second-order valence-corrected chi connectivity index (χ2v) is 4.10. The SMILES string of the molecule is CC(N)(CO)C(O)C(O)C(N)(CO)CO. The van der Waals surface area contributed by atoms with E-state index in [1.54, 1.807) is 0 Å². The number of nitrogens with two attached hydrogens (primary N) is 2. The molecule has 3 atom stereocenters. The Labute approximate surface area is 87.9 Å². The van der Waals surface area contributed by atoms with Crippen LogP contribution in [0.2, 0.25) is 0 Å². The molecular formula is C8H20N2O5. The molecule has 92 valence electrons. The first kappa shape index (κ1) is 14.7. The molecule has 0 aromatic rings. The Balaban J connectivity index is 4.76. The summed E-state index contributed by atoms with van der Waals surface area (Å²) in [6.45, 7) is -0.694. The molecule has 0 aliphatic carbocycles. The van der Waals surface area contributed by atoms with Crippen LogP contribution in [0.3, 0.4) is 0 Å². The van der Waals surface area contributed by atoms with Crippen LogP contribution in [0.1, 0.15) is 6.92 Å². The summed E-state index contributed by atoms with van der Waals surface area (Å²) < 4.78 is 0. The van der Waals surface area contributed by atoms with E-state index >= 15 is 0 Å². The lowest BCUT2D eigenvalue weighted by Gasteiger charge is -2.39. The minimum atomic E-state index is -1.75. The Kier molecular flexibility index (Phi) is 5.07. The molecule has 0 saturated carbocycles. The molecule has 0 aromatic heterocycles. The topological polar surface area (TPSA) is 153 Å². The summed E-state index contributed by atoms with van der Waals surface area (Å²) in [5.41, 5.74) is 7.71. The number of aliphatic hydroxyl groups excluding tert-OH is 5. The minimum absolute atomic E-state index is 0.571. The lowest BCUT2D eigenvalue weighted by atomic mass is 9.83. The van der Waals surface area contributed by atoms with Crippen LogP contribution in [0.4, 0.5) is 0 Å². The van der Waals surface area contributed by atoms with E-state index in [0.29, 0.717) is 0 Å². The van der Waals surface area contributed by atoms with Crippen LogP contribution in [-0.2, 0) is 0 Å². The Morgan fingerprint density at radius 2 is 1.33 bits per heavy atom. The van der Waals surface area contributed by atoms with Crippen LogP contribution < -0.4 is 11.5 Å². The van der Waals surface area contributed by atoms with Gasteiger partial charge in [0.2, 0.25) is 0 Å². The summed E-state index contributed by atoms with van der Waals surface area (Å²) in [6.07, 6.45) is -3.21. The molecule has 0 rings (SSSR count). The van der Waals surface area contributed by atoms with Gasteiger partial charge in [0.1, 0.15) is 12.2 Å². The van der Waals surface area contributed by atoms with Gasteiger partial charge in [-0.3, -0.25) is 0 Å². The third-order valence-corrected chi connectivity index (χ3v) is 2.49. The van der Waals surface area contributed by atoms with E-state index in [9.17, 15) is 10.2 Å². The van der Waals surface area contributed by atoms with Gasteiger partial charge in [-0.1, -0.05) is 0 Å². The van der Waals surface area contributed by atoms with Gasteiger partial charge >= 0.3 is 0 Å². The van der Waals surface area contributed by atoms with Crippen molar-refractivity contribution in [1.82, 2.24) is 0 Å². The summed E-state index contributed by atoms with van der Waals surface area (Å²) in [6, 6.07) is 0. The van der Waals surface area contributed by atoms with E-state index in [0.717, 1.165) is 0 Å². The minimum Gasteiger partial charge on any atom is -0.394 e. The predicted octanol–water partition coefficient (Wildman–Crippen LogP) is -3.90. The van der Waals surface area contributed by atoms with E-state index in [2.05, 4.69) is 0 Å². The van der Waals surface area contributed by atoms with Gasteiger partial charge in [-0.2, -0.15) is 0 Å². The van der Waals surface area contributed by atoms with E-state index in [1.807, 2.05) is 0 Å². The maximum Gasteiger partial charge on any atom is 0.104 e. The van der Waals surface area contributed by atoms with Crippen molar-refractivity contribution in [2.45, 2.75) is 30.2 Å². The first-order valence-electron chi connectivity index (χ1n) is 4.51. The van der Waals surface area contributed by atoms with Crippen LogP contribution in [0, 0.1) is 0 Å². The lowest BCUT2D eigenvalue weighted by Crippen LogP contribution is -2.67. The Morgan fingerprint density at radius 1 is 0.933 bits per heavy atom. The van der Waals surface area contributed by atoms with Crippen LogP contribution in [0.15, 0.2) is 0 Å². The van der Waals surface area contributed by atoms with E-state index in [-0.39, 0.29) is 0 Å². The van der Waals surface area contributed by atoms with Crippen molar-refractivity contribution in [3.05, 3.63) is 0 Å². The summed E-state index contributed by atoms with van der Waals surface area (Å²) in [5, 5.41) is 45.9. The Morgan fingerprint density at radius 3 is 1.60 bits per heavy atom. The van der Waals surface area contributed by atoms with Crippen molar-refractivity contribution >= 4 is 0 Å². The molecule has 0 amide bonds. The Bertz CT molecular complexity index is 195. The monoisotopic (exact) mass is 224 g/mol. The standard InChI is InChI=1S/C8H20N2O5/c1-7(9,2-11)5(14)6(15)8(10,3-12)4-13/h5-6,11-15H,2-4,9-10H2,1H3. The molecule has 0 radical (unpaired) electrons. The molecular weight excluding hydrogens is 204 g/mol. The van der Waals surface area contributed by atoms with E-state index in [1.165, 1.54) is 6.92 Å². The maximum atomic E-state index is 9.62. The number of aliphatic hydroxyl groups is 5. The third-order valence-electron chi connectivity index (χ3n) is 2.49. The van der Waals surface area contributed by atoms with Crippen molar-refractivity contribution in [3.63, 3.8) is 0 Å². The second-order valence-electron chi connectivity index (χ2n) is 4.10. The number of rotatable bonds is 6. The molecule has 7 heteroatoms. The van der Waals surface area contributed by atoms with E-state index < -0.39 is 43.1 Å². The van der Waals surface area contributed by atoms with Crippen LogP contribution in [0.5, 0.6) is 0 Å².